The molecule has 0 heterocycles. The maximum atomic E-state index is 9.97. The fraction of sp³-hybridized carbons (Fsp3) is 0.400. The van der Waals surface area contributed by atoms with E-state index in [1.54, 1.807) is 0 Å². The first-order valence-electron chi connectivity index (χ1n) is 2.39. The Kier molecular flexibility index (Phi) is 3.35. The average Bonchev–Trinajstić information content (AvgIpc) is 1.82. The third-order valence-electron chi connectivity index (χ3n) is 0.776. The molecule has 4 heteroatoms. The Morgan fingerprint density at radius 1 is 1.67 bits per heavy atom. The molecule has 0 bridgehead atoms. The molecule has 0 unspecified atom stereocenters. The van der Waals surface area contributed by atoms with Crippen LogP contribution in [0.5, 0.6) is 0 Å². The van der Waals surface area contributed by atoms with Gasteiger partial charge in [-0.25, -0.2) is 9.59 Å². The van der Waals surface area contributed by atoms with Gasteiger partial charge in [-0.2, -0.15) is 0 Å². The van der Waals surface area contributed by atoms with Crippen LogP contribution >= 0.6 is 0 Å². The van der Waals surface area contributed by atoms with Crippen LogP contribution in [0.3, 0.4) is 0 Å². The summed E-state index contributed by atoms with van der Waals surface area (Å²) in [6.45, 7) is 0.164. The number of aliphatic carboxylic acids is 1. The van der Waals surface area contributed by atoms with Crippen molar-refractivity contribution in [3.05, 3.63) is 5.57 Å². The van der Waals surface area contributed by atoms with Crippen molar-refractivity contribution in [3.63, 3.8) is 0 Å². The van der Waals surface area contributed by atoms with Gasteiger partial charge < -0.3 is 10.8 Å². The minimum absolute atomic E-state index is 0.0822. The molecule has 0 rings (SSSR count). The van der Waals surface area contributed by atoms with E-state index in [0.29, 0.717) is 0 Å². The molecule has 0 aliphatic carbocycles. The van der Waals surface area contributed by atoms with Gasteiger partial charge in [0.05, 0.1) is 0 Å². The van der Waals surface area contributed by atoms with Crippen molar-refractivity contribution in [2.45, 2.75) is 6.42 Å². The Hall–Kier alpha value is -1.12. The number of carbonyl (C=O) groups is 1. The molecule has 0 atom stereocenters. The Balaban J connectivity index is 4.02. The molecule has 0 aliphatic heterocycles. The lowest BCUT2D eigenvalue weighted by Crippen LogP contribution is -2.07. The summed E-state index contributed by atoms with van der Waals surface area (Å²) in [4.78, 5) is 19.7. The predicted molar refractivity (Wildman–Crippen MR) is 30.5 cm³/mol. The highest BCUT2D eigenvalue weighted by molar-refractivity contribution is 5.95. The van der Waals surface area contributed by atoms with Crippen molar-refractivity contribution in [1.29, 1.82) is 0 Å². The van der Waals surface area contributed by atoms with Gasteiger partial charge in [0, 0.05) is 6.42 Å². The van der Waals surface area contributed by atoms with Crippen molar-refractivity contribution in [2.75, 3.05) is 6.54 Å². The van der Waals surface area contributed by atoms with Crippen LogP contribution < -0.4 is 5.73 Å². The fourth-order valence-corrected chi connectivity index (χ4v) is 0.346. The number of rotatable bonds is 3. The molecule has 9 heavy (non-hydrogen) atoms. The van der Waals surface area contributed by atoms with Gasteiger partial charge in [-0.3, -0.25) is 0 Å². The van der Waals surface area contributed by atoms with E-state index in [1.165, 1.54) is 5.94 Å². The number of carboxylic acids is 1. The number of carbonyl (C=O) groups excluding carboxylic acids is 1. The third kappa shape index (κ3) is 2.64. The minimum Gasteiger partial charge on any atom is -0.477 e. The van der Waals surface area contributed by atoms with Crippen molar-refractivity contribution in [3.8, 4) is 0 Å². The van der Waals surface area contributed by atoms with Crippen molar-refractivity contribution in [2.24, 2.45) is 5.73 Å². The maximum Gasteiger partial charge on any atom is 0.342 e. The Labute approximate surface area is 52.0 Å². The van der Waals surface area contributed by atoms with Gasteiger partial charge in [-0.15, -0.1) is 0 Å². The van der Waals surface area contributed by atoms with E-state index in [0.717, 1.165) is 0 Å². The molecule has 4 nitrogen and oxygen atoms in total. The number of hydrogen-bond donors (Lipinski definition) is 2. The first kappa shape index (κ1) is 7.88. The number of nitrogens with two attached hydrogens (primary N) is 1. The lowest BCUT2D eigenvalue weighted by atomic mass is 10.2. The smallest absolute Gasteiger partial charge is 0.342 e. The highest BCUT2D eigenvalue weighted by Crippen LogP contribution is 1.92. The number of hydrogen-bond acceptors (Lipinski definition) is 3. The zero-order chi connectivity index (χ0) is 7.28. The number of carboxylic acid groups (broad SMARTS) is 1. The van der Waals surface area contributed by atoms with E-state index in [9.17, 15) is 9.59 Å². The van der Waals surface area contributed by atoms with E-state index in [-0.39, 0.29) is 18.5 Å². The monoisotopic (exact) mass is 129 g/mol. The second kappa shape index (κ2) is 3.83. The molecular formula is C5H7NO3. The van der Waals surface area contributed by atoms with Crippen LogP contribution in [0.2, 0.25) is 0 Å². The summed E-state index contributed by atoms with van der Waals surface area (Å²) in [6.07, 6.45) is 0.0822. The van der Waals surface area contributed by atoms with Gasteiger partial charge in [0.15, 0.2) is 0 Å². The van der Waals surface area contributed by atoms with Crippen molar-refractivity contribution >= 4 is 11.9 Å². The Bertz CT molecular complexity index is 158. The first-order valence-corrected chi connectivity index (χ1v) is 2.39. The normalized spacial score (nSPS) is 8.11. The van der Waals surface area contributed by atoms with Crippen LogP contribution in [0.4, 0.5) is 0 Å². The van der Waals surface area contributed by atoms with Crippen LogP contribution in [0.25, 0.3) is 0 Å². The lowest BCUT2D eigenvalue weighted by Gasteiger charge is -1.89. The fourth-order valence-electron chi connectivity index (χ4n) is 0.346. The molecule has 0 saturated carbocycles. The topological polar surface area (TPSA) is 80.4 Å². The zero-order valence-electron chi connectivity index (χ0n) is 4.76. The summed E-state index contributed by atoms with van der Waals surface area (Å²) in [5.74, 6) is 0.0492. The van der Waals surface area contributed by atoms with Crippen molar-refractivity contribution < 1.29 is 14.7 Å². The molecule has 3 N–H and O–H groups in total. The highest BCUT2D eigenvalue weighted by Gasteiger charge is 2.05. The summed E-state index contributed by atoms with van der Waals surface area (Å²) >= 11 is 0. The summed E-state index contributed by atoms with van der Waals surface area (Å²) in [7, 11) is 0. The molecule has 0 fully saturated rings. The molecule has 0 aromatic carbocycles. The quantitative estimate of drug-likeness (QED) is 0.385. The van der Waals surface area contributed by atoms with Gasteiger partial charge in [0.1, 0.15) is 11.5 Å². The van der Waals surface area contributed by atoms with Crippen LogP contribution in [0.15, 0.2) is 5.57 Å². The molecule has 0 radical (unpaired) electrons. The molecule has 0 amide bonds. The summed E-state index contributed by atoms with van der Waals surface area (Å²) in [6, 6.07) is 0. The van der Waals surface area contributed by atoms with Gasteiger partial charge in [0.25, 0.3) is 0 Å². The van der Waals surface area contributed by atoms with E-state index in [2.05, 4.69) is 0 Å². The first-order chi connectivity index (χ1) is 4.22. The van der Waals surface area contributed by atoms with Gasteiger partial charge in [-0.1, -0.05) is 0 Å². The molecule has 0 aromatic heterocycles. The minimum atomic E-state index is -1.24. The summed E-state index contributed by atoms with van der Waals surface area (Å²) in [5, 5.41) is 8.15. The lowest BCUT2D eigenvalue weighted by molar-refractivity contribution is -0.132. The molecular weight excluding hydrogens is 122 g/mol. The Morgan fingerprint density at radius 3 is 2.33 bits per heavy atom. The van der Waals surface area contributed by atoms with Gasteiger partial charge in [-0.05, 0) is 6.54 Å². The second-order valence-electron chi connectivity index (χ2n) is 1.42. The average molecular weight is 129 g/mol. The van der Waals surface area contributed by atoms with Crippen molar-refractivity contribution in [1.82, 2.24) is 0 Å². The molecule has 0 saturated heterocycles. The molecule has 0 aliphatic rings. The second-order valence-corrected chi connectivity index (χ2v) is 1.42. The van der Waals surface area contributed by atoms with E-state index in [1.807, 2.05) is 0 Å². The van der Waals surface area contributed by atoms with E-state index >= 15 is 0 Å². The van der Waals surface area contributed by atoms with E-state index in [4.69, 9.17) is 10.8 Å². The van der Waals surface area contributed by atoms with Crippen LogP contribution in [0, 0.1) is 0 Å². The standard InChI is InChI=1S/C5H7NO3/c6-2-1-4(3-7)5(8)9/h1-2,6H2,(H,8,9). The third-order valence-corrected chi connectivity index (χ3v) is 0.776. The Morgan fingerprint density at radius 2 is 2.22 bits per heavy atom. The van der Waals surface area contributed by atoms with Gasteiger partial charge in [0.2, 0.25) is 0 Å². The highest BCUT2D eigenvalue weighted by atomic mass is 16.4. The summed E-state index contributed by atoms with van der Waals surface area (Å²) < 4.78 is 0. The molecule has 0 aromatic rings. The summed E-state index contributed by atoms with van der Waals surface area (Å²) in [5.41, 5.74) is 4.69. The van der Waals surface area contributed by atoms with E-state index < -0.39 is 5.97 Å². The maximum absolute atomic E-state index is 9.97. The molecule has 50 valence electrons. The predicted octanol–water partition coefficient (Wildman–Crippen LogP) is -0.822. The SMILES string of the molecule is NCCC(=C=O)C(=O)O. The van der Waals surface area contributed by atoms with Crippen LogP contribution in [-0.2, 0) is 9.59 Å². The molecule has 0 spiro atoms. The van der Waals surface area contributed by atoms with Gasteiger partial charge >= 0.3 is 5.97 Å². The van der Waals surface area contributed by atoms with Crippen LogP contribution in [-0.4, -0.2) is 23.6 Å². The van der Waals surface area contributed by atoms with Crippen LogP contribution in [0.1, 0.15) is 6.42 Å². The zero-order valence-corrected chi connectivity index (χ0v) is 4.76. The largest absolute Gasteiger partial charge is 0.477 e.